The summed E-state index contributed by atoms with van der Waals surface area (Å²) in [5.41, 5.74) is 0. The van der Waals surface area contributed by atoms with E-state index in [9.17, 15) is 0 Å². The minimum absolute atomic E-state index is 0. The molecule has 0 atom stereocenters. The van der Waals surface area contributed by atoms with Crippen molar-refractivity contribution in [1.29, 1.82) is 0 Å². The third kappa shape index (κ3) is 21.0. The number of thiocarbonyl (C=S) groups is 2. The Hall–Kier alpha value is 0.723. The summed E-state index contributed by atoms with van der Waals surface area (Å²) in [6.45, 7) is 18.5. The normalized spacial score (nSPS) is 13.7. The summed E-state index contributed by atoms with van der Waals surface area (Å²) in [4.78, 5) is 3.93. The number of nitrogens with one attached hydrogen (secondary N) is 3. The van der Waals surface area contributed by atoms with Crippen LogP contribution in [-0.4, -0.2) is 83.9 Å². The molecule has 0 saturated carbocycles. The maximum absolute atomic E-state index is 4.76. The van der Waals surface area contributed by atoms with Gasteiger partial charge >= 0.3 is 19.5 Å². The van der Waals surface area contributed by atoms with E-state index in [-0.39, 0.29) is 19.5 Å². The Labute approximate surface area is 195 Å². The molecule has 0 aromatic carbocycles. The van der Waals surface area contributed by atoms with Crippen molar-refractivity contribution in [2.75, 3.05) is 65.4 Å². The smallest absolute Gasteiger partial charge is 0.411 e. The molecule has 0 aromatic heterocycles. The second kappa shape index (κ2) is 23.8. The van der Waals surface area contributed by atoms with Crippen LogP contribution in [0, 0.1) is 0 Å². The van der Waals surface area contributed by atoms with Crippen LogP contribution in [0.1, 0.15) is 27.7 Å². The first kappa shape index (κ1) is 31.4. The predicted octanol–water partition coefficient (Wildman–Crippen LogP) is 1.09. The molecule has 1 rings (SSSR count). The summed E-state index contributed by atoms with van der Waals surface area (Å²) in [6, 6.07) is 0. The van der Waals surface area contributed by atoms with Gasteiger partial charge in [-0.15, -0.1) is 0 Å². The molecule has 0 spiro atoms. The van der Waals surface area contributed by atoms with Crippen LogP contribution in [0.5, 0.6) is 0 Å². The van der Waals surface area contributed by atoms with Crippen molar-refractivity contribution >= 4 is 58.3 Å². The second-order valence-corrected chi connectivity index (χ2v) is 7.19. The van der Waals surface area contributed by atoms with Gasteiger partial charge in [0.15, 0.2) is 0 Å². The van der Waals surface area contributed by atoms with Gasteiger partial charge in [-0.1, -0.05) is 8.64 Å². The zero-order chi connectivity index (χ0) is 19.5. The molecule has 5 nitrogen and oxygen atoms in total. The quantitative estimate of drug-likeness (QED) is 0.284. The molecule has 155 valence electrons. The molecule has 0 unspecified atom stereocenters. The van der Waals surface area contributed by atoms with Crippen LogP contribution in [0.25, 0.3) is 0 Å². The number of hydrogen-bond acceptors (Lipinski definition) is 7. The first-order chi connectivity index (χ1) is 11.9. The van der Waals surface area contributed by atoms with Crippen LogP contribution in [-0.2, 0) is 44.7 Å². The molecule has 1 aliphatic heterocycles. The van der Waals surface area contributed by atoms with Gasteiger partial charge in [0.1, 0.15) is 0 Å². The number of hydrogen-bond donors (Lipinski definition) is 3. The fourth-order valence-electron chi connectivity index (χ4n) is 1.87. The molecule has 10 heteroatoms. The van der Waals surface area contributed by atoms with E-state index in [1.165, 1.54) is 0 Å². The molecule has 1 aliphatic rings. The van der Waals surface area contributed by atoms with Gasteiger partial charge in [-0.25, -0.2) is 0 Å². The van der Waals surface area contributed by atoms with E-state index in [1.54, 1.807) is 0 Å². The fourth-order valence-corrected chi connectivity index (χ4v) is 2.90. The summed E-state index contributed by atoms with van der Waals surface area (Å²) in [6.07, 6.45) is 0. The van der Waals surface area contributed by atoms with Gasteiger partial charge in [0.25, 0.3) is 0 Å². The average Bonchev–Trinajstić information content (AvgIpc) is 2.73. The van der Waals surface area contributed by atoms with Crippen molar-refractivity contribution in [3.8, 4) is 0 Å². The molecule has 26 heavy (non-hydrogen) atoms. The van der Waals surface area contributed by atoms with E-state index in [0.717, 1.165) is 65.4 Å². The Bertz CT molecular complexity index is 279. The zero-order valence-corrected chi connectivity index (χ0v) is 21.5. The van der Waals surface area contributed by atoms with Crippen LogP contribution < -0.4 is 16.0 Å². The molecule has 1 fully saturated rings. The predicted molar refractivity (Wildman–Crippen MR) is 124 cm³/mol. The van der Waals surface area contributed by atoms with E-state index in [0.29, 0.717) is 8.64 Å². The molecule has 0 aliphatic carbocycles. The van der Waals surface area contributed by atoms with Crippen molar-refractivity contribution in [3.05, 3.63) is 0 Å². The van der Waals surface area contributed by atoms with Crippen molar-refractivity contribution in [2.24, 2.45) is 0 Å². The topological polar surface area (TPSA) is 42.6 Å². The molecule has 3 N–H and O–H groups in total. The Morgan fingerprint density at radius 2 is 0.846 bits per heavy atom. The van der Waals surface area contributed by atoms with Crippen molar-refractivity contribution in [1.82, 2.24) is 25.8 Å². The van der Waals surface area contributed by atoms with Gasteiger partial charge in [0.05, 0.1) is 0 Å². The first-order valence-electron chi connectivity index (χ1n) is 8.98. The SMILES string of the molecule is C1CNCCNCCN1.CCN(CC)C(=S)[S-].CCN(CC)C(=S)[S-].[Ru+3]. The Kier molecular flexibility index (Phi) is 28.7. The number of rotatable bonds is 4. The molecule has 1 radical (unpaired) electrons. The van der Waals surface area contributed by atoms with Gasteiger partial charge in [-0.2, -0.15) is 0 Å². The van der Waals surface area contributed by atoms with Crippen molar-refractivity contribution in [3.63, 3.8) is 0 Å². The Morgan fingerprint density at radius 1 is 0.654 bits per heavy atom. The monoisotopic (exact) mass is 527 g/mol. The Balaban J connectivity index is -0.000000301. The van der Waals surface area contributed by atoms with Crippen LogP contribution in [0.2, 0.25) is 0 Å². The minimum atomic E-state index is 0. The van der Waals surface area contributed by atoms with E-state index in [2.05, 4.69) is 16.0 Å². The van der Waals surface area contributed by atoms with Crippen LogP contribution in [0.15, 0.2) is 0 Å². The van der Waals surface area contributed by atoms with Crippen LogP contribution in [0.3, 0.4) is 0 Å². The largest absolute Gasteiger partial charge is 3.00 e. The zero-order valence-electron chi connectivity index (χ0n) is 16.5. The molecule has 1 saturated heterocycles. The van der Waals surface area contributed by atoms with Crippen LogP contribution >= 0.6 is 24.4 Å². The second-order valence-electron chi connectivity index (χ2n) is 5.13. The summed E-state index contributed by atoms with van der Waals surface area (Å²) in [7, 11) is 0. The maximum Gasteiger partial charge on any atom is 3.00 e. The van der Waals surface area contributed by atoms with E-state index < -0.39 is 0 Å². The van der Waals surface area contributed by atoms with E-state index in [4.69, 9.17) is 49.7 Å². The van der Waals surface area contributed by atoms with Gasteiger partial charge < -0.3 is 75.4 Å². The summed E-state index contributed by atoms with van der Waals surface area (Å²) in [5.74, 6) is 0. The summed E-state index contributed by atoms with van der Waals surface area (Å²) < 4.78 is 1.16. The number of nitrogens with zero attached hydrogens (tertiary/aromatic N) is 2. The summed E-state index contributed by atoms with van der Waals surface area (Å²) >= 11 is 19.0. The molecular weight excluding hydrogens is 492 g/mol. The average molecular weight is 527 g/mol. The third-order valence-corrected chi connectivity index (χ3v) is 4.51. The molecular formula is C16H35N5RuS4+. The van der Waals surface area contributed by atoms with Crippen LogP contribution in [0.4, 0.5) is 0 Å². The Morgan fingerprint density at radius 3 is 0.923 bits per heavy atom. The van der Waals surface area contributed by atoms with Gasteiger partial charge in [-0.05, 0) is 27.7 Å². The summed E-state index contributed by atoms with van der Waals surface area (Å²) in [5, 5.41) is 9.91. The minimum Gasteiger partial charge on any atom is -0.411 e. The molecule has 1 heterocycles. The van der Waals surface area contributed by atoms with Crippen molar-refractivity contribution < 1.29 is 19.5 Å². The molecule has 0 aromatic rings. The van der Waals surface area contributed by atoms with Gasteiger partial charge in [0.2, 0.25) is 0 Å². The molecule has 0 bridgehead atoms. The fraction of sp³-hybridized carbons (Fsp3) is 0.875. The van der Waals surface area contributed by atoms with Gasteiger partial charge in [-0.3, -0.25) is 0 Å². The maximum atomic E-state index is 4.76. The van der Waals surface area contributed by atoms with E-state index >= 15 is 0 Å². The van der Waals surface area contributed by atoms with E-state index in [1.807, 2.05) is 37.5 Å². The standard InChI is InChI=1S/C6H15N3.2C5H11NS2.Ru/c1-2-8-5-6-9-4-3-7-1;2*1-3-6(4-2)5(7)8;/h7-9H,1-6H2;2*3-4H2,1-2H3,(H,7,8);/q;;;+3/p-2. The van der Waals surface area contributed by atoms with Crippen molar-refractivity contribution in [2.45, 2.75) is 27.7 Å². The first-order valence-corrected chi connectivity index (χ1v) is 10.6. The van der Waals surface area contributed by atoms with Gasteiger partial charge in [0, 0.05) is 65.4 Å². The molecule has 0 amide bonds. The third-order valence-electron chi connectivity index (χ3n) is 3.48.